The summed E-state index contributed by atoms with van der Waals surface area (Å²) in [6, 6.07) is 8.65. The van der Waals surface area contributed by atoms with Crippen LogP contribution in [-0.2, 0) is 19.1 Å². The predicted octanol–water partition coefficient (Wildman–Crippen LogP) is 2.12. The van der Waals surface area contributed by atoms with Crippen LogP contribution in [0.15, 0.2) is 53.1 Å². The highest BCUT2D eigenvalue weighted by Gasteiger charge is 2.36. The lowest BCUT2D eigenvalue weighted by Gasteiger charge is -2.27. The van der Waals surface area contributed by atoms with E-state index >= 15 is 0 Å². The van der Waals surface area contributed by atoms with Gasteiger partial charge in [-0.15, -0.1) is 0 Å². The molecule has 1 aromatic carbocycles. The number of amides is 2. The lowest BCUT2D eigenvalue weighted by atomic mass is 9.94. The third-order valence-electron chi connectivity index (χ3n) is 5.00. The van der Waals surface area contributed by atoms with Crippen LogP contribution >= 0.6 is 0 Å². The number of hydrogen-bond acceptors (Lipinski definition) is 7. The monoisotopic (exact) mass is 422 g/mol. The average Bonchev–Trinajstić information content (AvgIpc) is 3.23. The molecule has 1 atom stereocenters. The van der Waals surface area contributed by atoms with Gasteiger partial charge in [0.15, 0.2) is 0 Å². The number of aliphatic hydroxyl groups is 1. The predicted molar refractivity (Wildman–Crippen MR) is 110 cm³/mol. The maximum atomic E-state index is 12.8. The topological polar surface area (TPSA) is 117 Å². The number of aliphatic hydroxyl groups excluding tert-OH is 1. The number of carbonyl (C=O) groups excluding carboxylic acids is 3. The fourth-order valence-corrected chi connectivity index (χ4v) is 3.40. The average molecular weight is 422 g/mol. The smallest absolute Gasteiger partial charge is 0.338 e. The summed E-state index contributed by atoms with van der Waals surface area (Å²) in [6.45, 7) is 3.01. The molecule has 31 heavy (non-hydrogen) atoms. The van der Waals surface area contributed by atoms with Gasteiger partial charge in [0.05, 0.1) is 25.3 Å². The molecule has 0 aliphatic carbocycles. The summed E-state index contributed by atoms with van der Waals surface area (Å²) in [5.41, 5.74) is 1.59. The minimum absolute atomic E-state index is 0.125. The first-order valence-corrected chi connectivity index (χ1v) is 9.85. The van der Waals surface area contributed by atoms with E-state index < -0.39 is 30.5 Å². The quantitative estimate of drug-likeness (QED) is 0.424. The highest BCUT2D eigenvalue weighted by molar-refractivity contribution is 6.18. The molecule has 0 saturated carbocycles. The molecule has 0 radical (unpaired) electrons. The Kier molecular flexibility index (Phi) is 6.68. The molecule has 2 amide bonds. The van der Waals surface area contributed by atoms with Gasteiger partial charge >= 0.3 is 5.97 Å². The van der Waals surface area contributed by atoms with E-state index in [0.29, 0.717) is 29.9 Å². The Balaban J connectivity index is 1.79. The van der Waals surface area contributed by atoms with Gasteiger partial charge in [-0.05, 0) is 43.7 Å². The molecule has 0 saturated heterocycles. The lowest BCUT2D eigenvalue weighted by molar-refractivity contribution is -0.141. The number of benzene rings is 1. The van der Waals surface area contributed by atoms with Crippen molar-refractivity contribution < 1.29 is 29.0 Å². The van der Waals surface area contributed by atoms with Crippen molar-refractivity contribution in [3.05, 3.63) is 64.3 Å². The van der Waals surface area contributed by atoms with Crippen LogP contribution in [0.3, 0.4) is 0 Å². The summed E-state index contributed by atoms with van der Waals surface area (Å²) in [5.74, 6) is -1.06. The number of imide groups is 1. The third kappa shape index (κ3) is 4.42. The molecular formula is C23H22N2O6. The zero-order valence-corrected chi connectivity index (χ0v) is 17.3. The van der Waals surface area contributed by atoms with Crippen molar-refractivity contribution in [1.29, 1.82) is 5.26 Å². The second-order valence-corrected chi connectivity index (χ2v) is 6.94. The number of β-amino-alcohol motifs (C(OH)–C–C–N with tert-alkyl or cyclic N) is 1. The maximum Gasteiger partial charge on any atom is 0.338 e. The van der Waals surface area contributed by atoms with E-state index in [4.69, 9.17) is 14.6 Å². The number of rotatable bonds is 6. The van der Waals surface area contributed by atoms with E-state index in [1.54, 1.807) is 44.2 Å². The number of nitrogens with zero attached hydrogens (tertiary/aromatic N) is 2. The summed E-state index contributed by atoms with van der Waals surface area (Å²) in [5, 5.41) is 18.5. The molecule has 0 spiro atoms. The van der Waals surface area contributed by atoms with Crippen LogP contribution in [0.2, 0.25) is 0 Å². The van der Waals surface area contributed by atoms with Gasteiger partial charge in [0.1, 0.15) is 23.5 Å². The van der Waals surface area contributed by atoms with Crippen molar-refractivity contribution in [2.45, 2.75) is 26.4 Å². The first-order valence-electron chi connectivity index (χ1n) is 9.85. The minimum Gasteiger partial charge on any atom is -0.486 e. The van der Waals surface area contributed by atoms with Gasteiger partial charge in [0.2, 0.25) is 0 Å². The molecule has 0 bridgehead atoms. The van der Waals surface area contributed by atoms with Gasteiger partial charge in [-0.1, -0.05) is 12.1 Å². The largest absolute Gasteiger partial charge is 0.486 e. The fourth-order valence-electron chi connectivity index (χ4n) is 3.40. The maximum absolute atomic E-state index is 12.8. The molecule has 8 nitrogen and oxygen atoms in total. The van der Waals surface area contributed by atoms with E-state index in [1.165, 1.54) is 0 Å². The molecule has 160 valence electrons. The summed E-state index contributed by atoms with van der Waals surface area (Å²) in [6.07, 6.45) is 3.50. The Labute approximate surface area is 179 Å². The van der Waals surface area contributed by atoms with Gasteiger partial charge < -0.3 is 14.6 Å². The Bertz CT molecular complexity index is 1040. The van der Waals surface area contributed by atoms with Crippen LogP contribution in [0.5, 0.6) is 0 Å². The lowest BCUT2D eigenvalue weighted by Crippen LogP contribution is -2.44. The summed E-state index contributed by atoms with van der Waals surface area (Å²) in [4.78, 5) is 37.7. The van der Waals surface area contributed by atoms with Crippen LogP contribution in [0.25, 0.3) is 5.76 Å². The van der Waals surface area contributed by atoms with Crippen LogP contribution < -0.4 is 0 Å². The normalized spacial score (nSPS) is 19.9. The van der Waals surface area contributed by atoms with Gasteiger partial charge in [-0.25, -0.2) is 4.79 Å². The first-order chi connectivity index (χ1) is 14.9. The zero-order chi connectivity index (χ0) is 22.5. The van der Waals surface area contributed by atoms with Gasteiger partial charge in [-0.3, -0.25) is 14.5 Å². The first kappa shape index (κ1) is 22.0. The highest BCUT2D eigenvalue weighted by Crippen LogP contribution is 2.31. The second-order valence-electron chi connectivity index (χ2n) is 6.94. The van der Waals surface area contributed by atoms with E-state index in [1.807, 2.05) is 12.1 Å². The van der Waals surface area contributed by atoms with E-state index in [9.17, 15) is 19.6 Å². The standard InChI is InChI=1S/C23H22N2O6/c1-3-30-23(29)16-6-4-15(5-7-16)20-9-8-17(31-20)12-18-14(2)19(13-24)22(28)25(10-11-26)21(18)27/h4-7,9,12,17,26H,3,8,10-11H2,1-2H3/b18-12-. The highest BCUT2D eigenvalue weighted by atomic mass is 16.5. The van der Waals surface area contributed by atoms with Crippen LogP contribution in [-0.4, -0.2) is 53.7 Å². The van der Waals surface area contributed by atoms with Crippen LogP contribution in [0, 0.1) is 11.3 Å². The van der Waals surface area contributed by atoms with Crippen molar-refractivity contribution in [3.8, 4) is 6.07 Å². The van der Waals surface area contributed by atoms with E-state index in [0.717, 1.165) is 10.5 Å². The molecular weight excluding hydrogens is 400 g/mol. The van der Waals surface area contributed by atoms with Crippen molar-refractivity contribution in [2.24, 2.45) is 0 Å². The zero-order valence-electron chi connectivity index (χ0n) is 17.3. The number of nitriles is 1. The SMILES string of the molecule is CCOC(=O)c1ccc(C2=CCC(/C=C3\C(=O)N(CCO)C(=O)C(C#N)=C3C)O2)cc1. The van der Waals surface area contributed by atoms with E-state index in [-0.39, 0.29) is 17.7 Å². The summed E-state index contributed by atoms with van der Waals surface area (Å²) < 4.78 is 10.9. The fraction of sp³-hybridized carbons (Fsp3) is 0.304. The molecule has 1 aromatic rings. The van der Waals surface area contributed by atoms with Crippen LogP contribution in [0.1, 0.15) is 36.2 Å². The molecule has 8 heteroatoms. The van der Waals surface area contributed by atoms with Crippen molar-refractivity contribution in [1.82, 2.24) is 4.90 Å². The second kappa shape index (κ2) is 9.41. The van der Waals surface area contributed by atoms with Crippen molar-refractivity contribution in [2.75, 3.05) is 19.8 Å². The molecule has 0 aromatic heterocycles. The summed E-state index contributed by atoms with van der Waals surface area (Å²) >= 11 is 0. The number of carbonyl (C=O) groups is 3. The Morgan fingerprint density at radius 3 is 2.65 bits per heavy atom. The van der Waals surface area contributed by atoms with Crippen LogP contribution in [0.4, 0.5) is 0 Å². The summed E-state index contributed by atoms with van der Waals surface area (Å²) in [7, 11) is 0. The van der Waals surface area contributed by atoms with E-state index in [2.05, 4.69) is 0 Å². The number of ether oxygens (including phenoxy) is 2. The van der Waals surface area contributed by atoms with Gasteiger partial charge in [-0.2, -0.15) is 5.26 Å². The van der Waals surface area contributed by atoms with Crippen molar-refractivity contribution in [3.63, 3.8) is 0 Å². The Hall–Kier alpha value is -3.70. The Morgan fingerprint density at radius 1 is 1.32 bits per heavy atom. The van der Waals surface area contributed by atoms with Gasteiger partial charge in [0, 0.05) is 17.6 Å². The number of esters is 1. The molecule has 2 aliphatic heterocycles. The molecule has 2 aliphatic rings. The molecule has 1 unspecified atom stereocenters. The molecule has 0 fully saturated rings. The molecule has 1 N–H and O–H groups in total. The molecule has 2 heterocycles. The molecule has 3 rings (SSSR count). The van der Waals surface area contributed by atoms with Gasteiger partial charge in [0.25, 0.3) is 11.8 Å². The minimum atomic E-state index is -0.705. The Morgan fingerprint density at radius 2 is 2.03 bits per heavy atom. The third-order valence-corrected chi connectivity index (χ3v) is 5.00. The number of hydrogen-bond donors (Lipinski definition) is 1. The van der Waals surface area contributed by atoms with Crippen molar-refractivity contribution >= 4 is 23.5 Å².